The third kappa shape index (κ3) is 2.31. The molecule has 0 aromatic heterocycles. The summed E-state index contributed by atoms with van der Waals surface area (Å²) in [6, 6.07) is 5.21. The Bertz CT molecular complexity index is 273. The predicted molar refractivity (Wildman–Crippen MR) is 51.6 cm³/mol. The Hall–Kier alpha value is -0.890. The highest BCUT2D eigenvalue weighted by Gasteiger charge is 2.02. The molecule has 0 amide bonds. The molecular weight excluding hydrogens is 174 g/mol. The molecule has 0 spiro atoms. The maximum absolute atomic E-state index is 5.72. The van der Waals surface area contributed by atoms with E-state index < -0.39 is 0 Å². The van der Waals surface area contributed by atoms with E-state index in [2.05, 4.69) is 0 Å². The van der Waals surface area contributed by atoms with Crippen molar-refractivity contribution < 1.29 is 4.74 Å². The Balaban J connectivity index is 2.86. The fourth-order valence-electron chi connectivity index (χ4n) is 0.881. The van der Waals surface area contributed by atoms with Crippen LogP contribution in [0, 0.1) is 0 Å². The zero-order valence-electron chi connectivity index (χ0n) is 7.17. The summed E-state index contributed by atoms with van der Waals surface area (Å²) >= 11 is 5.72. The van der Waals surface area contributed by atoms with E-state index in [9.17, 15) is 0 Å². The lowest BCUT2D eigenvalue weighted by atomic mass is 10.3. The van der Waals surface area contributed by atoms with Gasteiger partial charge in [-0.2, -0.15) is 0 Å². The van der Waals surface area contributed by atoms with Crippen molar-refractivity contribution in [2.75, 3.05) is 5.73 Å². The molecule has 3 heteroatoms. The zero-order valence-corrected chi connectivity index (χ0v) is 7.93. The Morgan fingerprint density at radius 2 is 2.08 bits per heavy atom. The number of rotatable bonds is 2. The van der Waals surface area contributed by atoms with Crippen LogP contribution < -0.4 is 10.5 Å². The van der Waals surface area contributed by atoms with Gasteiger partial charge < -0.3 is 10.5 Å². The molecule has 2 nitrogen and oxygen atoms in total. The number of hydrogen-bond donors (Lipinski definition) is 1. The maximum atomic E-state index is 5.72. The summed E-state index contributed by atoms with van der Waals surface area (Å²) in [7, 11) is 0. The Labute approximate surface area is 77.3 Å². The van der Waals surface area contributed by atoms with Crippen LogP contribution in [0.1, 0.15) is 13.8 Å². The summed E-state index contributed by atoms with van der Waals surface area (Å²) in [5, 5.41) is 0.628. The average molecular weight is 186 g/mol. The van der Waals surface area contributed by atoms with Gasteiger partial charge in [0.05, 0.1) is 11.8 Å². The molecule has 0 aliphatic carbocycles. The maximum Gasteiger partial charge on any atom is 0.142 e. The zero-order chi connectivity index (χ0) is 9.14. The molecule has 0 atom stereocenters. The van der Waals surface area contributed by atoms with E-state index in [0.29, 0.717) is 16.5 Å². The minimum Gasteiger partial charge on any atom is -0.489 e. The molecule has 66 valence electrons. The van der Waals surface area contributed by atoms with Crippen LogP contribution in [-0.4, -0.2) is 6.10 Å². The Morgan fingerprint density at radius 1 is 1.42 bits per heavy atom. The largest absolute Gasteiger partial charge is 0.489 e. The molecule has 0 aliphatic heterocycles. The normalized spacial score (nSPS) is 10.3. The first-order valence-corrected chi connectivity index (χ1v) is 4.19. The third-order valence-electron chi connectivity index (χ3n) is 1.33. The van der Waals surface area contributed by atoms with E-state index >= 15 is 0 Å². The molecule has 0 aliphatic rings. The quantitative estimate of drug-likeness (QED) is 0.720. The number of anilines is 1. The van der Waals surface area contributed by atoms with Gasteiger partial charge >= 0.3 is 0 Å². The van der Waals surface area contributed by atoms with Crippen molar-refractivity contribution in [3.05, 3.63) is 23.2 Å². The summed E-state index contributed by atoms with van der Waals surface area (Å²) in [6.45, 7) is 3.90. The van der Waals surface area contributed by atoms with Gasteiger partial charge in [-0.15, -0.1) is 0 Å². The standard InChI is InChI=1S/C9H12ClNO/c1-6(2)12-9-4-3-7(10)5-8(9)11/h3-6H,11H2,1-2H3. The van der Waals surface area contributed by atoms with Crippen LogP contribution in [0.25, 0.3) is 0 Å². The average Bonchev–Trinajstić information content (AvgIpc) is 1.94. The first-order valence-electron chi connectivity index (χ1n) is 3.81. The van der Waals surface area contributed by atoms with Crippen LogP contribution >= 0.6 is 11.6 Å². The number of nitrogens with two attached hydrogens (primary N) is 1. The van der Waals surface area contributed by atoms with E-state index in [1.54, 1.807) is 18.2 Å². The molecular formula is C9H12ClNO. The van der Waals surface area contributed by atoms with Gasteiger partial charge in [0, 0.05) is 5.02 Å². The van der Waals surface area contributed by atoms with Crippen molar-refractivity contribution >= 4 is 17.3 Å². The second-order valence-electron chi connectivity index (χ2n) is 2.85. The molecule has 0 heterocycles. The monoisotopic (exact) mass is 185 g/mol. The number of halogens is 1. The summed E-state index contributed by atoms with van der Waals surface area (Å²) < 4.78 is 5.42. The van der Waals surface area contributed by atoms with E-state index in [1.165, 1.54) is 0 Å². The Morgan fingerprint density at radius 3 is 2.58 bits per heavy atom. The lowest BCUT2D eigenvalue weighted by molar-refractivity contribution is 0.244. The summed E-state index contributed by atoms with van der Waals surface area (Å²) in [6.07, 6.45) is 0.133. The summed E-state index contributed by atoms with van der Waals surface area (Å²) in [5.41, 5.74) is 6.24. The van der Waals surface area contributed by atoms with Gasteiger partial charge in [-0.25, -0.2) is 0 Å². The number of ether oxygens (including phenoxy) is 1. The van der Waals surface area contributed by atoms with Gasteiger partial charge in [0.25, 0.3) is 0 Å². The second kappa shape index (κ2) is 3.68. The lowest BCUT2D eigenvalue weighted by Crippen LogP contribution is -2.07. The van der Waals surface area contributed by atoms with E-state index in [4.69, 9.17) is 22.1 Å². The minimum absolute atomic E-state index is 0.133. The van der Waals surface area contributed by atoms with Gasteiger partial charge in [-0.3, -0.25) is 0 Å². The molecule has 0 radical (unpaired) electrons. The van der Waals surface area contributed by atoms with Gasteiger partial charge in [0.2, 0.25) is 0 Å². The predicted octanol–water partition coefficient (Wildman–Crippen LogP) is 2.71. The molecule has 0 saturated carbocycles. The lowest BCUT2D eigenvalue weighted by Gasteiger charge is -2.11. The van der Waals surface area contributed by atoms with E-state index in [1.807, 2.05) is 13.8 Å². The van der Waals surface area contributed by atoms with Crippen molar-refractivity contribution in [1.82, 2.24) is 0 Å². The highest BCUT2D eigenvalue weighted by atomic mass is 35.5. The first kappa shape index (κ1) is 9.20. The fraction of sp³-hybridized carbons (Fsp3) is 0.333. The minimum atomic E-state index is 0.133. The van der Waals surface area contributed by atoms with E-state index in [0.717, 1.165) is 0 Å². The smallest absolute Gasteiger partial charge is 0.142 e. The van der Waals surface area contributed by atoms with Crippen molar-refractivity contribution in [2.45, 2.75) is 20.0 Å². The van der Waals surface area contributed by atoms with Gasteiger partial charge in [-0.05, 0) is 32.0 Å². The van der Waals surface area contributed by atoms with Crippen molar-refractivity contribution in [3.63, 3.8) is 0 Å². The highest BCUT2D eigenvalue weighted by Crippen LogP contribution is 2.25. The fourth-order valence-corrected chi connectivity index (χ4v) is 1.06. The van der Waals surface area contributed by atoms with Crippen molar-refractivity contribution in [3.8, 4) is 5.75 Å². The molecule has 1 aromatic carbocycles. The van der Waals surface area contributed by atoms with Crippen LogP contribution in [0.4, 0.5) is 5.69 Å². The molecule has 0 unspecified atom stereocenters. The number of hydrogen-bond acceptors (Lipinski definition) is 2. The molecule has 1 rings (SSSR count). The molecule has 0 fully saturated rings. The SMILES string of the molecule is CC(C)Oc1ccc(Cl)cc1N. The van der Waals surface area contributed by atoms with E-state index in [-0.39, 0.29) is 6.10 Å². The molecule has 2 N–H and O–H groups in total. The molecule has 0 bridgehead atoms. The van der Waals surface area contributed by atoms with Crippen molar-refractivity contribution in [1.29, 1.82) is 0 Å². The Kier molecular flexibility index (Phi) is 2.82. The first-order chi connectivity index (χ1) is 5.59. The summed E-state index contributed by atoms with van der Waals surface area (Å²) in [5.74, 6) is 0.689. The van der Waals surface area contributed by atoms with Gasteiger partial charge in [-0.1, -0.05) is 11.6 Å². The highest BCUT2D eigenvalue weighted by molar-refractivity contribution is 6.30. The third-order valence-corrected chi connectivity index (χ3v) is 1.57. The number of nitrogen functional groups attached to an aromatic ring is 1. The number of benzene rings is 1. The van der Waals surface area contributed by atoms with Crippen LogP contribution in [0.3, 0.4) is 0 Å². The van der Waals surface area contributed by atoms with Crippen molar-refractivity contribution in [2.24, 2.45) is 0 Å². The molecule has 0 saturated heterocycles. The van der Waals surface area contributed by atoms with Crippen LogP contribution in [0.2, 0.25) is 5.02 Å². The molecule has 1 aromatic rings. The van der Waals surface area contributed by atoms with Crippen LogP contribution in [0.15, 0.2) is 18.2 Å². The van der Waals surface area contributed by atoms with Crippen LogP contribution in [-0.2, 0) is 0 Å². The summed E-state index contributed by atoms with van der Waals surface area (Å²) in [4.78, 5) is 0. The van der Waals surface area contributed by atoms with Gasteiger partial charge in [0.15, 0.2) is 0 Å². The second-order valence-corrected chi connectivity index (χ2v) is 3.29. The van der Waals surface area contributed by atoms with Gasteiger partial charge in [0.1, 0.15) is 5.75 Å². The topological polar surface area (TPSA) is 35.2 Å². The molecule has 12 heavy (non-hydrogen) atoms. The van der Waals surface area contributed by atoms with Crippen LogP contribution in [0.5, 0.6) is 5.75 Å².